The van der Waals surface area contributed by atoms with Crippen molar-refractivity contribution in [3.63, 3.8) is 0 Å². The Morgan fingerprint density at radius 1 is 0.951 bits per heavy atom. The number of hydrogen-bond donors (Lipinski definition) is 1. The summed E-state index contributed by atoms with van der Waals surface area (Å²) in [5.74, 6) is -0.745. The van der Waals surface area contributed by atoms with Crippen molar-refractivity contribution in [3.8, 4) is 0 Å². The monoisotopic (exact) mass is 564 g/mol. The van der Waals surface area contributed by atoms with Gasteiger partial charge in [0.15, 0.2) is 0 Å². The molecule has 1 N–H and O–H groups in total. The molecule has 2 aliphatic heterocycles. The van der Waals surface area contributed by atoms with Gasteiger partial charge >= 0.3 is 18.1 Å². The van der Waals surface area contributed by atoms with Gasteiger partial charge in [-0.1, -0.05) is 36.4 Å². The zero-order valence-electron chi connectivity index (χ0n) is 24.4. The smallest absolute Gasteiger partial charge is 0.410 e. The highest BCUT2D eigenvalue weighted by molar-refractivity contribution is 5.96. The predicted molar refractivity (Wildman–Crippen MR) is 155 cm³/mol. The molecule has 4 amide bonds. The number of benzene rings is 2. The third-order valence-corrected chi connectivity index (χ3v) is 7.10. The van der Waals surface area contributed by atoms with Gasteiger partial charge in [0.2, 0.25) is 5.91 Å². The van der Waals surface area contributed by atoms with E-state index in [1.807, 2.05) is 69.3 Å². The van der Waals surface area contributed by atoms with E-state index in [4.69, 9.17) is 9.47 Å². The summed E-state index contributed by atoms with van der Waals surface area (Å²) in [5.41, 5.74) is 3.26. The summed E-state index contributed by atoms with van der Waals surface area (Å²) in [6.45, 7) is 9.44. The summed E-state index contributed by atoms with van der Waals surface area (Å²) >= 11 is 0. The molecule has 1 unspecified atom stereocenters. The molecule has 10 heteroatoms. The number of amides is 4. The van der Waals surface area contributed by atoms with Crippen molar-refractivity contribution < 1.29 is 28.7 Å². The molecule has 10 nitrogen and oxygen atoms in total. The van der Waals surface area contributed by atoms with Crippen LogP contribution in [0.25, 0.3) is 0 Å². The molecular formula is C31H40N4O6. The largest absolute Gasteiger partial charge is 0.466 e. The van der Waals surface area contributed by atoms with Crippen molar-refractivity contribution in [2.24, 2.45) is 0 Å². The molecule has 0 spiro atoms. The van der Waals surface area contributed by atoms with Crippen molar-refractivity contribution >= 4 is 29.7 Å². The first-order valence-electron chi connectivity index (χ1n) is 14.2. The van der Waals surface area contributed by atoms with Crippen molar-refractivity contribution in [2.75, 3.05) is 44.2 Å². The maximum atomic E-state index is 13.3. The Balaban J connectivity index is 1.37. The molecule has 220 valence electrons. The van der Waals surface area contributed by atoms with Crippen molar-refractivity contribution in [1.82, 2.24) is 15.1 Å². The first-order chi connectivity index (χ1) is 19.5. The molecule has 1 fully saturated rings. The average molecular weight is 565 g/mol. The van der Waals surface area contributed by atoms with Crippen LogP contribution in [0.1, 0.15) is 56.8 Å². The van der Waals surface area contributed by atoms with Crippen LogP contribution < -0.4 is 10.2 Å². The zero-order chi connectivity index (χ0) is 29.6. The minimum atomic E-state index is -0.554. The van der Waals surface area contributed by atoms with Gasteiger partial charge < -0.3 is 24.6 Å². The molecular weight excluding hydrogens is 524 g/mol. The normalized spacial score (nSPS) is 16.1. The number of urea groups is 1. The Hall–Kier alpha value is -4.08. The van der Waals surface area contributed by atoms with E-state index in [2.05, 4.69) is 5.32 Å². The Morgan fingerprint density at radius 2 is 1.66 bits per heavy atom. The fourth-order valence-corrected chi connectivity index (χ4v) is 5.09. The van der Waals surface area contributed by atoms with Gasteiger partial charge in [-0.15, -0.1) is 0 Å². The lowest BCUT2D eigenvalue weighted by atomic mass is 10.0. The molecule has 2 aliphatic rings. The molecule has 1 atom stereocenters. The maximum Gasteiger partial charge on any atom is 0.410 e. The first-order valence-corrected chi connectivity index (χ1v) is 14.2. The van der Waals surface area contributed by atoms with E-state index >= 15 is 0 Å². The fourth-order valence-electron chi connectivity index (χ4n) is 5.09. The zero-order valence-corrected chi connectivity index (χ0v) is 24.4. The second-order valence-electron chi connectivity index (χ2n) is 11.3. The van der Waals surface area contributed by atoms with Gasteiger partial charge in [0, 0.05) is 31.9 Å². The first kappa shape index (κ1) is 29.9. The van der Waals surface area contributed by atoms with Crippen LogP contribution in [0.2, 0.25) is 0 Å². The summed E-state index contributed by atoms with van der Waals surface area (Å²) in [7, 11) is 0. The van der Waals surface area contributed by atoms with Gasteiger partial charge in [0.05, 0.1) is 19.1 Å². The number of esters is 1. The second kappa shape index (κ2) is 13.1. The lowest BCUT2D eigenvalue weighted by Gasteiger charge is -2.26. The second-order valence-corrected chi connectivity index (χ2v) is 11.3. The number of ether oxygens (including phenoxy) is 2. The molecule has 0 bridgehead atoms. The molecule has 4 rings (SSSR count). The lowest BCUT2D eigenvalue weighted by molar-refractivity contribution is -0.143. The highest BCUT2D eigenvalue weighted by atomic mass is 16.6. The minimum Gasteiger partial charge on any atom is -0.466 e. The van der Waals surface area contributed by atoms with Crippen LogP contribution in [0.5, 0.6) is 0 Å². The Labute approximate surface area is 241 Å². The standard InChI is InChI=1S/C31H40N4O6/c1-5-40-28(37)20-26(23-9-7-6-8-10-23)32-27(36)21-34-17-18-35(29(34)38)25-12-11-22-13-15-33(16-14-24(22)19-25)30(39)41-31(2,3)4/h6-12,19,26H,5,13-18,20-21H2,1-4H3,(H,32,36). The van der Waals surface area contributed by atoms with Crippen LogP contribution in [0.15, 0.2) is 48.5 Å². The summed E-state index contributed by atoms with van der Waals surface area (Å²) < 4.78 is 10.6. The number of carbonyl (C=O) groups excluding carboxylic acids is 4. The van der Waals surface area contributed by atoms with Gasteiger partial charge in [-0.25, -0.2) is 9.59 Å². The molecule has 0 radical (unpaired) electrons. The van der Waals surface area contributed by atoms with E-state index in [-0.39, 0.29) is 37.6 Å². The number of nitrogens with one attached hydrogen (secondary N) is 1. The molecule has 0 aromatic heterocycles. The highest BCUT2D eigenvalue weighted by Crippen LogP contribution is 2.27. The summed E-state index contributed by atoms with van der Waals surface area (Å²) in [4.78, 5) is 56.0. The Bertz CT molecular complexity index is 1260. The molecule has 41 heavy (non-hydrogen) atoms. The van der Waals surface area contributed by atoms with Gasteiger partial charge in [-0.2, -0.15) is 0 Å². The number of anilines is 1. The number of fused-ring (bicyclic) bond motifs is 1. The minimum absolute atomic E-state index is 0.00411. The van der Waals surface area contributed by atoms with Gasteiger partial charge in [-0.05, 0) is 69.4 Å². The number of hydrogen-bond acceptors (Lipinski definition) is 6. The molecule has 2 heterocycles. The van der Waals surface area contributed by atoms with Crippen molar-refractivity contribution in [1.29, 1.82) is 0 Å². The van der Waals surface area contributed by atoms with Gasteiger partial charge in [-0.3, -0.25) is 14.5 Å². The number of nitrogens with zero attached hydrogens (tertiary/aromatic N) is 3. The van der Waals surface area contributed by atoms with E-state index in [9.17, 15) is 19.2 Å². The maximum absolute atomic E-state index is 13.3. The van der Waals surface area contributed by atoms with Crippen LogP contribution >= 0.6 is 0 Å². The lowest BCUT2D eigenvalue weighted by Crippen LogP contribution is -2.41. The van der Waals surface area contributed by atoms with Crippen LogP contribution in [-0.4, -0.2) is 78.7 Å². The van der Waals surface area contributed by atoms with E-state index in [1.54, 1.807) is 16.7 Å². The highest BCUT2D eigenvalue weighted by Gasteiger charge is 2.32. The predicted octanol–water partition coefficient (Wildman–Crippen LogP) is 4.08. The van der Waals surface area contributed by atoms with E-state index in [0.717, 1.165) is 22.4 Å². The average Bonchev–Trinajstić information content (AvgIpc) is 3.13. The van der Waals surface area contributed by atoms with E-state index in [0.29, 0.717) is 39.0 Å². The molecule has 0 saturated carbocycles. The van der Waals surface area contributed by atoms with Crippen molar-refractivity contribution in [3.05, 3.63) is 65.2 Å². The topological polar surface area (TPSA) is 108 Å². The van der Waals surface area contributed by atoms with Gasteiger partial charge in [0.25, 0.3) is 0 Å². The van der Waals surface area contributed by atoms with E-state index < -0.39 is 17.6 Å². The van der Waals surface area contributed by atoms with Crippen LogP contribution in [-0.2, 0) is 31.9 Å². The quantitative estimate of drug-likeness (QED) is 0.484. The van der Waals surface area contributed by atoms with E-state index in [1.165, 1.54) is 4.90 Å². The summed E-state index contributed by atoms with van der Waals surface area (Å²) in [6.07, 6.45) is 1.07. The molecule has 0 aliphatic carbocycles. The molecule has 2 aromatic rings. The number of carbonyl (C=O) groups is 4. The van der Waals surface area contributed by atoms with Crippen LogP contribution in [0, 0.1) is 0 Å². The van der Waals surface area contributed by atoms with Crippen LogP contribution in [0.3, 0.4) is 0 Å². The third-order valence-electron chi connectivity index (χ3n) is 7.10. The van der Waals surface area contributed by atoms with Crippen molar-refractivity contribution in [2.45, 2.75) is 58.6 Å². The number of rotatable bonds is 8. The third kappa shape index (κ3) is 7.99. The Morgan fingerprint density at radius 3 is 2.34 bits per heavy atom. The summed E-state index contributed by atoms with van der Waals surface area (Å²) in [6, 6.07) is 14.4. The molecule has 1 saturated heterocycles. The SMILES string of the molecule is CCOC(=O)CC(NC(=O)CN1CCN(c2ccc3c(c2)CCN(C(=O)OC(C)(C)C)CC3)C1=O)c1ccccc1. The molecule has 2 aromatic carbocycles. The Kier molecular flexibility index (Phi) is 9.52. The van der Waals surface area contributed by atoms with Gasteiger partial charge in [0.1, 0.15) is 12.1 Å². The fraction of sp³-hybridized carbons (Fsp3) is 0.484. The summed E-state index contributed by atoms with van der Waals surface area (Å²) in [5, 5.41) is 2.91. The van der Waals surface area contributed by atoms with Crippen LogP contribution in [0.4, 0.5) is 15.3 Å².